The Morgan fingerprint density at radius 1 is 1.24 bits per heavy atom. The van der Waals surface area contributed by atoms with E-state index >= 15 is 0 Å². The Morgan fingerprint density at radius 2 is 2.08 bits per heavy atom. The number of nitrogens with zero attached hydrogens (tertiary/aromatic N) is 1. The first-order valence-corrected chi connectivity index (χ1v) is 8.40. The highest BCUT2D eigenvalue weighted by molar-refractivity contribution is 5.95. The van der Waals surface area contributed by atoms with Crippen molar-refractivity contribution in [1.29, 1.82) is 0 Å². The Kier molecular flexibility index (Phi) is 4.19. The van der Waals surface area contributed by atoms with Crippen molar-refractivity contribution in [3.8, 4) is 22.6 Å². The average molecular weight is 339 g/mol. The van der Waals surface area contributed by atoms with E-state index < -0.39 is 0 Å². The molecule has 0 spiro atoms. The molecule has 0 radical (unpaired) electrons. The second-order valence-electron chi connectivity index (χ2n) is 6.16. The SMILES string of the molecule is COc1cnc2[nH]cc(-c3ccc(OC4CCOCC4)c(N)c3)c2c1. The first-order valence-electron chi connectivity index (χ1n) is 8.40. The van der Waals surface area contributed by atoms with Crippen LogP contribution in [0.2, 0.25) is 0 Å². The molecule has 1 fully saturated rings. The summed E-state index contributed by atoms with van der Waals surface area (Å²) in [5, 5.41) is 0.997. The highest BCUT2D eigenvalue weighted by Crippen LogP contribution is 2.34. The highest BCUT2D eigenvalue weighted by Gasteiger charge is 2.17. The van der Waals surface area contributed by atoms with E-state index in [0.29, 0.717) is 5.69 Å². The van der Waals surface area contributed by atoms with Crippen molar-refractivity contribution < 1.29 is 14.2 Å². The molecule has 4 rings (SSSR count). The van der Waals surface area contributed by atoms with Gasteiger partial charge in [-0.05, 0) is 23.8 Å². The maximum absolute atomic E-state index is 6.24. The fourth-order valence-electron chi connectivity index (χ4n) is 3.13. The van der Waals surface area contributed by atoms with Gasteiger partial charge in [0.25, 0.3) is 0 Å². The van der Waals surface area contributed by atoms with Gasteiger partial charge in [0.1, 0.15) is 23.3 Å². The van der Waals surface area contributed by atoms with Crippen molar-refractivity contribution in [2.75, 3.05) is 26.1 Å². The van der Waals surface area contributed by atoms with Gasteiger partial charge in [-0.1, -0.05) is 6.07 Å². The molecule has 0 atom stereocenters. The first kappa shape index (κ1) is 15.8. The van der Waals surface area contributed by atoms with E-state index in [1.807, 2.05) is 30.5 Å². The number of hydrogen-bond donors (Lipinski definition) is 2. The monoisotopic (exact) mass is 339 g/mol. The summed E-state index contributed by atoms with van der Waals surface area (Å²) < 4.78 is 16.7. The summed E-state index contributed by atoms with van der Waals surface area (Å²) in [7, 11) is 1.63. The molecule has 3 aromatic rings. The Hall–Kier alpha value is -2.73. The van der Waals surface area contributed by atoms with Gasteiger partial charge < -0.3 is 24.9 Å². The zero-order chi connectivity index (χ0) is 17.2. The van der Waals surface area contributed by atoms with Crippen LogP contribution in [0.15, 0.2) is 36.7 Å². The number of benzene rings is 1. The van der Waals surface area contributed by atoms with Gasteiger partial charge in [-0.2, -0.15) is 0 Å². The van der Waals surface area contributed by atoms with E-state index in [-0.39, 0.29) is 6.10 Å². The van der Waals surface area contributed by atoms with Crippen molar-refractivity contribution in [1.82, 2.24) is 9.97 Å². The van der Waals surface area contributed by atoms with Crippen molar-refractivity contribution in [3.05, 3.63) is 36.7 Å². The van der Waals surface area contributed by atoms with Crippen LogP contribution in [0.5, 0.6) is 11.5 Å². The van der Waals surface area contributed by atoms with Gasteiger partial charge >= 0.3 is 0 Å². The van der Waals surface area contributed by atoms with Crippen LogP contribution in [-0.2, 0) is 4.74 Å². The summed E-state index contributed by atoms with van der Waals surface area (Å²) in [6, 6.07) is 7.87. The van der Waals surface area contributed by atoms with Gasteiger partial charge in [0, 0.05) is 30.0 Å². The highest BCUT2D eigenvalue weighted by atomic mass is 16.5. The molecule has 3 heterocycles. The number of aromatic nitrogens is 2. The second kappa shape index (κ2) is 6.64. The molecule has 130 valence electrons. The van der Waals surface area contributed by atoms with E-state index in [9.17, 15) is 0 Å². The molecule has 6 nitrogen and oxygen atoms in total. The minimum absolute atomic E-state index is 0.170. The first-order chi connectivity index (χ1) is 12.2. The third kappa shape index (κ3) is 3.13. The molecule has 1 aromatic carbocycles. The number of aromatic amines is 1. The maximum Gasteiger partial charge on any atom is 0.142 e. The lowest BCUT2D eigenvalue weighted by atomic mass is 10.0. The number of anilines is 1. The van der Waals surface area contributed by atoms with Crippen molar-refractivity contribution in [3.63, 3.8) is 0 Å². The fraction of sp³-hybridized carbons (Fsp3) is 0.316. The summed E-state index contributed by atoms with van der Waals surface area (Å²) in [6.45, 7) is 1.49. The smallest absolute Gasteiger partial charge is 0.142 e. The van der Waals surface area contributed by atoms with Gasteiger partial charge in [0.15, 0.2) is 0 Å². The molecule has 1 aliphatic rings. The zero-order valence-electron chi connectivity index (χ0n) is 14.1. The molecule has 0 unspecified atom stereocenters. The third-order valence-corrected chi connectivity index (χ3v) is 4.52. The van der Waals surface area contributed by atoms with E-state index in [0.717, 1.165) is 59.7 Å². The third-order valence-electron chi connectivity index (χ3n) is 4.52. The van der Waals surface area contributed by atoms with Crippen LogP contribution in [-0.4, -0.2) is 36.4 Å². The number of H-pyrrole nitrogens is 1. The Morgan fingerprint density at radius 3 is 2.84 bits per heavy atom. The number of hydrogen-bond acceptors (Lipinski definition) is 5. The summed E-state index contributed by atoms with van der Waals surface area (Å²) >= 11 is 0. The lowest BCUT2D eigenvalue weighted by molar-refractivity contribution is 0.0259. The minimum Gasteiger partial charge on any atom is -0.495 e. The largest absolute Gasteiger partial charge is 0.495 e. The Balaban J connectivity index is 1.64. The van der Waals surface area contributed by atoms with E-state index in [2.05, 4.69) is 9.97 Å². The summed E-state index contributed by atoms with van der Waals surface area (Å²) in [6.07, 6.45) is 5.60. The van der Waals surface area contributed by atoms with Crippen LogP contribution >= 0.6 is 0 Å². The predicted molar refractivity (Wildman–Crippen MR) is 97.0 cm³/mol. The summed E-state index contributed by atoms with van der Waals surface area (Å²) in [5.74, 6) is 1.45. The topological polar surface area (TPSA) is 82.4 Å². The van der Waals surface area contributed by atoms with Crippen molar-refractivity contribution >= 4 is 16.7 Å². The molecule has 3 N–H and O–H groups in total. The van der Waals surface area contributed by atoms with E-state index in [1.54, 1.807) is 13.3 Å². The molecule has 6 heteroatoms. The number of nitrogen functional groups attached to an aromatic ring is 1. The van der Waals surface area contributed by atoms with Gasteiger partial charge in [-0.3, -0.25) is 0 Å². The van der Waals surface area contributed by atoms with Gasteiger partial charge in [0.2, 0.25) is 0 Å². The van der Waals surface area contributed by atoms with Gasteiger partial charge in [-0.25, -0.2) is 4.98 Å². The average Bonchev–Trinajstić information content (AvgIpc) is 3.07. The number of methoxy groups -OCH3 is 1. The second-order valence-corrected chi connectivity index (χ2v) is 6.16. The number of rotatable bonds is 4. The normalized spacial score (nSPS) is 15.4. The molecule has 25 heavy (non-hydrogen) atoms. The molecule has 0 saturated carbocycles. The van der Waals surface area contributed by atoms with Crippen LogP contribution < -0.4 is 15.2 Å². The molecular weight excluding hydrogens is 318 g/mol. The number of nitrogens with two attached hydrogens (primary N) is 1. The van der Waals surface area contributed by atoms with E-state index in [1.165, 1.54) is 0 Å². The van der Waals surface area contributed by atoms with Crippen LogP contribution in [0.25, 0.3) is 22.2 Å². The van der Waals surface area contributed by atoms with Crippen molar-refractivity contribution in [2.45, 2.75) is 18.9 Å². The molecule has 0 aliphatic carbocycles. The van der Waals surface area contributed by atoms with Gasteiger partial charge in [-0.15, -0.1) is 0 Å². The number of pyridine rings is 1. The molecular formula is C19H21N3O3. The maximum atomic E-state index is 6.24. The predicted octanol–water partition coefficient (Wildman–Crippen LogP) is 3.38. The number of nitrogens with one attached hydrogen (secondary N) is 1. The molecule has 0 bridgehead atoms. The summed E-state index contributed by atoms with van der Waals surface area (Å²) in [4.78, 5) is 7.55. The lowest BCUT2D eigenvalue weighted by Gasteiger charge is -2.24. The molecule has 1 saturated heterocycles. The fourth-order valence-corrected chi connectivity index (χ4v) is 3.13. The van der Waals surface area contributed by atoms with Crippen LogP contribution in [0.1, 0.15) is 12.8 Å². The lowest BCUT2D eigenvalue weighted by Crippen LogP contribution is -2.26. The van der Waals surface area contributed by atoms with Crippen LogP contribution in [0, 0.1) is 0 Å². The number of ether oxygens (including phenoxy) is 3. The van der Waals surface area contributed by atoms with Crippen molar-refractivity contribution in [2.24, 2.45) is 0 Å². The molecule has 0 amide bonds. The summed E-state index contributed by atoms with van der Waals surface area (Å²) in [5.41, 5.74) is 9.73. The molecule has 1 aliphatic heterocycles. The standard InChI is InChI=1S/C19H21N3O3/c1-23-14-9-15-16(11-22-19(15)21-10-14)12-2-3-18(17(20)8-12)25-13-4-6-24-7-5-13/h2-3,8-11,13H,4-7,20H2,1H3,(H,21,22). The molecule has 2 aromatic heterocycles. The van der Waals surface area contributed by atoms with Gasteiger partial charge in [0.05, 0.1) is 32.2 Å². The Labute approximate surface area is 145 Å². The van der Waals surface area contributed by atoms with Crippen LogP contribution in [0.3, 0.4) is 0 Å². The van der Waals surface area contributed by atoms with Crippen LogP contribution in [0.4, 0.5) is 5.69 Å². The van der Waals surface area contributed by atoms with E-state index in [4.69, 9.17) is 19.9 Å². The zero-order valence-corrected chi connectivity index (χ0v) is 14.1. The Bertz CT molecular complexity index is 885. The minimum atomic E-state index is 0.170. The quantitative estimate of drug-likeness (QED) is 0.712. The number of fused-ring (bicyclic) bond motifs is 1.